The molecule has 0 aliphatic carbocycles. The molecule has 3 rings (SSSR count). The Bertz CT molecular complexity index is 769. The first-order valence-electron chi connectivity index (χ1n) is 9.07. The molecule has 0 saturated heterocycles. The van der Waals surface area contributed by atoms with Crippen LogP contribution in [0.1, 0.15) is 44.4 Å². The van der Waals surface area contributed by atoms with Crippen LogP contribution in [0.4, 0.5) is 0 Å². The number of para-hydroxylation sites is 1. The number of ether oxygens (including phenoxy) is 1. The number of guanidine groups is 1. The summed E-state index contributed by atoms with van der Waals surface area (Å²) >= 11 is 0. The second kappa shape index (κ2) is 7.68. The highest BCUT2D eigenvalue weighted by Gasteiger charge is 2.33. The van der Waals surface area contributed by atoms with Crippen molar-refractivity contribution in [2.75, 3.05) is 6.54 Å². The number of nitrogens with zero attached hydrogens (tertiary/aromatic N) is 1. The highest BCUT2D eigenvalue weighted by Crippen LogP contribution is 2.39. The summed E-state index contributed by atoms with van der Waals surface area (Å²) in [5, 5.41) is 16.3. The van der Waals surface area contributed by atoms with E-state index in [1.54, 1.807) is 12.1 Å². The minimum Gasteiger partial charge on any atom is -0.508 e. The SMILES string of the molecule is CCNC(=NCc1ccc(O)cc1)NC1CC(C)(C)Oc2ccccc21. The lowest BCUT2D eigenvalue weighted by atomic mass is 9.90. The van der Waals surface area contributed by atoms with Crippen LogP contribution in [0.3, 0.4) is 0 Å². The molecule has 1 atom stereocenters. The molecule has 0 spiro atoms. The summed E-state index contributed by atoms with van der Waals surface area (Å²) in [6, 6.07) is 15.4. The fraction of sp³-hybridized carbons (Fsp3) is 0.381. The topological polar surface area (TPSA) is 65.9 Å². The molecule has 1 aliphatic rings. The van der Waals surface area contributed by atoms with Gasteiger partial charge in [0.2, 0.25) is 0 Å². The Hall–Kier alpha value is -2.69. The highest BCUT2D eigenvalue weighted by molar-refractivity contribution is 5.80. The third-order valence-corrected chi connectivity index (χ3v) is 4.39. The normalized spacial score (nSPS) is 18.6. The molecule has 0 fully saturated rings. The first-order chi connectivity index (χ1) is 12.5. The van der Waals surface area contributed by atoms with Crippen LogP contribution in [0.5, 0.6) is 11.5 Å². The zero-order valence-corrected chi connectivity index (χ0v) is 15.6. The summed E-state index contributed by atoms with van der Waals surface area (Å²) in [7, 11) is 0. The van der Waals surface area contributed by atoms with Gasteiger partial charge >= 0.3 is 0 Å². The van der Waals surface area contributed by atoms with E-state index in [4.69, 9.17) is 9.73 Å². The van der Waals surface area contributed by atoms with Gasteiger partial charge in [-0.2, -0.15) is 0 Å². The monoisotopic (exact) mass is 353 g/mol. The van der Waals surface area contributed by atoms with Crippen molar-refractivity contribution in [2.24, 2.45) is 4.99 Å². The number of hydrogen-bond donors (Lipinski definition) is 3. The van der Waals surface area contributed by atoms with Crippen molar-refractivity contribution < 1.29 is 9.84 Å². The van der Waals surface area contributed by atoms with Crippen LogP contribution in [0, 0.1) is 0 Å². The van der Waals surface area contributed by atoms with Crippen molar-refractivity contribution in [1.82, 2.24) is 10.6 Å². The van der Waals surface area contributed by atoms with Crippen LogP contribution in [-0.4, -0.2) is 23.2 Å². The second-order valence-electron chi connectivity index (χ2n) is 7.16. The number of aromatic hydroxyl groups is 1. The van der Waals surface area contributed by atoms with Gasteiger partial charge < -0.3 is 20.5 Å². The molecule has 2 aromatic carbocycles. The van der Waals surface area contributed by atoms with Crippen LogP contribution in [0.15, 0.2) is 53.5 Å². The number of aliphatic imine (C=N–C) groups is 1. The van der Waals surface area contributed by atoms with Gasteiger partial charge in [0, 0.05) is 18.5 Å². The molecule has 3 N–H and O–H groups in total. The van der Waals surface area contributed by atoms with E-state index in [0.29, 0.717) is 6.54 Å². The van der Waals surface area contributed by atoms with Crippen LogP contribution in [-0.2, 0) is 6.54 Å². The summed E-state index contributed by atoms with van der Waals surface area (Å²) in [5.74, 6) is 1.97. The maximum absolute atomic E-state index is 9.40. The molecule has 0 aromatic heterocycles. The zero-order chi connectivity index (χ0) is 18.6. The van der Waals surface area contributed by atoms with Crippen molar-refractivity contribution >= 4 is 5.96 Å². The summed E-state index contributed by atoms with van der Waals surface area (Å²) < 4.78 is 6.11. The van der Waals surface area contributed by atoms with Crippen LogP contribution >= 0.6 is 0 Å². The third kappa shape index (κ3) is 4.48. The van der Waals surface area contributed by atoms with Crippen molar-refractivity contribution in [2.45, 2.75) is 45.4 Å². The number of nitrogens with one attached hydrogen (secondary N) is 2. The number of phenols is 1. The minimum atomic E-state index is -0.236. The van der Waals surface area contributed by atoms with Crippen molar-refractivity contribution in [1.29, 1.82) is 0 Å². The number of rotatable bonds is 4. The first-order valence-corrected chi connectivity index (χ1v) is 9.07. The van der Waals surface area contributed by atoms with E-state index in [9.17, 15) is 5.11 Å². The lowest BCUT2D eigenvalue weighted by molar-refractivity contribution is 0.0694. The summed E-state index contributed by atoms with van der Waals surface area (Å²) in [6.45, 7) is 7.61. The smallest absolute Gasteiger partial charge is 0.192 e. The molecule has 2 aromatic rings. The number of phenolic OH excluding ortho intramolecular Hbond substituents is 1. The molecule has 5 nitrogen and oxygen atoms in total. The molecule has 1 heterocycles. The molecule has 0 saturated carbocycles. The number of fused-ring (bicyclic) bond motifs is 1. The van der Waals surface area contributed by atoms with E-state index in [1.165, 1.54) is 0 Å². The van der Waals surface area contributed by atoms with Gasteiger partial charge in [-0.3, -0.25) is 0 Å². The van der Waals surface area contributed by atoms with Gasteiger partial charge in [0.05, 0.1) is 12.6 Å². The standard InChI is InChI=1S/C21H27N3O2/c1-4-22-20(23-14-15-9-11-16(25)12-10-15)24-18-13-21(2,3)26-19-8-6-5-7-17(18)19/h5-12,18,25H,4,13-14H2,1-3H3,(H2,22,23,24). The van der Waals surface area contributed by atoms with Gasteiger partial charge in [0.1, 0.15) is 17.1 Å². The average Bonchev–Trinajstić information content (AvgIpc) is 2.60. The highest BCUT2D eigenvalue weighted by atomic mass is 16.5. The Labute approximate surface area is 155 Å². The van der Waals surface area contributed by atoms with Crippen LogP contribution in [0.2, 0.25) is 0 Å². The predicted octanol–water partition coefficient (Wildman–Crippen LogP) is 3.75. The predicted molar refractivity (Wildman–Crippen MR) is 105 cm³/mol. The van der Waals surface area contributed by atoms with E-state index < -0.39 is 0 Å². The van der Waals surface area contributed by atoms with Gasteiger partial charge in [-0.25, -0.2) is 4.99 Å². The molecule has 1 unspecified atom stereocenters. The molecular formula is C21H27N3O2. The Morgan fingerprint density at radius 2 is 1.92 bits per heavy atom. The molecular weight excluding hydrogens is 326 g/mol. The first kappa shape index (κ1) is 18.1. The Morgan fingerprint density at radius 3 is 2.65 bits per heavy atom. The Morgan fingerprint density at radius 1 is 1.19 bits per heavy atom. The van der Waals surface area contributed by atoms with Gasteiger partial charge in [0.25, 0.3) is 0 Å². The quantitative estimate of drug-likeness (QED) is 0.578. The molecule has 0 bridgehead atoms. The van der Waals surface area contributed by atoms with E-state index >= 15 is 0 Å². The van der Waals surface area contributed by atoms with E-state index in [2.05, 4.69) is 37.5 Å². The molecule has 0 radical (unpaired) electrons. The van der Waals surface area contributed by atoms with Gasteiger partial charge in [-0.05, 0) is 44.5 Å². The zero-order valence-electron chi connectivity index (χ0n) is 15.6. The minimum absolute atomic E-state index is 0.132. The van der Waals surface area contributed by atoms with E-state index in [0.717, 1.165) is 35.8 Å². The lowest BCUT2D eigenvalue weighted by Crippen LogP contribution is -2.45. The number of benzene rings is 2. The fourth-order valence-corrected chi connectivity index (χ4v) is 3.19. The molecule has 26 heavy (non-hydrogen) atoms. The fourth-order valence-electron chi connectivity index (χ4n) is 3.19. The van der Waals surface area contributed by atoms with Crippen molar-refractivity contribution in [3.05, 3.63) is 59.7 Å². The third-order valence-electron chi connectivity index (χ3n) is 4.39. The van der Waals surface area contributed by atoms with Gasteiger partial charge in [-0.15, -0.1) is 0 Å². The molecule has 138 valence electrons. The maximum Gasteiger partial charge on any atom is 0.192 e. The average molecular weight is 353 g/mol. The number of hydrogen-bond acceptors (Lipinski definition) is 3. The Balaban J connectivity index is 1.79. The molecule has 5 heteroatoms. The molecule has 1 aliphatic heterocycles. The lowest BCUT2D eigenvalue weighted by Gasteiger charge is -2.38. The summed E-state index contributed by atoms with van der Waals surface area (Å²) in [5.41, 5.74) is 1.97. The van der Waals surface area contributed by atoms with Crippen molar-refractivity contribution in [3.63, 3.8) is 0 Å². The molecule has 0 amide bonds. The van der Waals surface area contributed by atoms with Crippen LogP contribution < -0.4 is 15.4 Å². The van der Waals surface area contributed by atoms with Gasteiger partial charge in [0.15, 0.2) is 5.96 Å². The van der Waals surface area contributed by atoms with Crippen LogP contribution in [0.25, 0.3) is 0 Å². The van der Waals surface area contributed by atoms with Crippen molar-refractivity contribution in [3.8, 4) is 11.5 Å². The van der Waals surface area contributed by atoms with E-state index in [-0.39, 0.29) is 17.4 Å². The van der Waals surface area contributed by atoms with Gasteiger partial charge in [-0.1, -0.05) is 30.3 Å². The summed E-state index contributed by atoms with van der Waals surface area (Å²) in [6.07, 6.45) is 0.855. The second-order valence-corrected chi connectivity index (χ2v) is 7.16. The summed E-state index contributed by atoms with van der Waals surface area (Å²) in [4.78, 5) is 4.70. The largest absolute Gasteiger partial charge is 0.508 e. The maximum atomic E-state index is 9.40. The Kier molecular flexibility index (Phi) is 5.35. The van der Waals surface area contributed by atoms with E-state index in [1.807, 2.05) is 30.3 Å².